The van der Waals surface area contributed by atoms with Crippen LogP contribution in [0.15, 0.2) is 117 Å². The van der Waals surface area contributed by atoms with Gasteiger partial charge in [-0.1, -0.05) is 22.0 Å². The number of nitrogens with two attached hydrogens (primary N) is 1. The van der Waals surface area contributed by atoms with Crippen LogP contribution in [-0.2, 0) is 30.4 Å². The first-order chi connectivity index (χ1) is 23.7. The van der Waals surface area contributed by atoms with Crippen LogP contribution in [0.2, 0.25) is 0 Å². The predicted molar refractivity (Wildman–Crippen MR) is 193 cm³/mol. The van der Waals surface area contributed by atoms with Crippen LogP contribution in [0.5, 0.6) is 11.5 Å². The second-order valence-electron chi connectivity index (χ2n) is 10.8. The summed E-state index contributed by atoms with van der Waals surface area (Å²) in [6.45, 7) is 0. The van der Waals surface area contributed by atoms with Gasteiger partial charge in [0.1, 0.15) is 26.9 Å². The molecule has 21 heteroatoms. The second kappa shape index (κ2) is 12.9. The number of rotatable bonds is 7. The Morgan fingerprint density at radius 1 is 0.510 bits per heavy atom. The van der Waals surface area contributed by atoms with E-state index in [2.05, 4.69) is 52.3 Å². The average Bonchev–Trinajstić information content (AvgIpc) is 3.03. The molecule has 0 unspecified atom stereocenters. The Balaban J connectivity index is 1.48. The Bertz CT molecular complexity index is 2900. The monoisotopic (exact) mass is 879 g/mol. The van der Waals surface area contributed by atoms with Gasteiger partial charge in [-0.25, -0.2) is 0 Å². The number of nitrogen functional groups attached to an aromatic ring is 1. The van der Waals surface area contributed by atoms with Gasteiger partial charge in [0.25, 0.3) is 30.4 Å². The highest BCUT2D eigenvalue weighted by atomic mass is 79.9. The van der Waals surface area contributed by atoms with Crippen LogP contribution in [0.1, 0.15) is 0 Å². The Morgan fingerprint density at radius 3 is 1.59 bits per heavy atom. The van der Waals surface area contributed by atoms with Crippen molar-refractivity contribution in [1.29, 1.82) is 0 Å². The summed E-state index contributed by atoms with van der Waals surface area (Å²) in [5.41, 5.74) is 4.64. The van der Waals surface area contributed by atoms with Crippen molar-refractivity contribution in [3.8, 4) is 11.5 Å². The zero-order valence-corrected chi connectivity index (χ0v) is 30.6. The van der Waals surface area contributed by atoms with Crippen molar-refractivity contribution in [1.82, 2.24) is 0 Å². The van der Waals surface area contributed by atoms with Gasteiger partial charge in [-0.2, -0.15) is 30.4 Å². The van der Waals surface area contributed by atoms with Crippen LogP contribution in [0, 0.1) is 0 Å². The second-order valence-corrected chi connectivity index (χ2v) is 16.7. The lowest BCUT2D eigenvalue weighted by molar-refractivity contribution is 0.472. The van der Waals surface area contributed by atoms with Gasteiger partial charge in [0, 0.05) is 30.8 Å². The maximum Gasteiger partial charge on any atom is 0.296 e. The third-order valence-electron chi connectivity index (χ3n) is 7.46. The highest BCUT2D eigenvalue weighted by Gasteiger charge is 2.24. The number of aromatic hydroxyl groups is 2. The number of phenols is 2. The minimum absolute atomic E-state index is 0.00606. The first-order valence-electron chi connectivity index (χ1n) is 13.8. The molecule has 16 nitrogen and oxygen atoms in total. The number of benzene rings is 6. The number of anilines is 1. The van der Waals surface area contributed by atoms with Crippen LogP contribution in [0.3, 0.4) is 0 Å². The van der Waals surface area contributed by atoms with Crippen molar-refractivity contribution in [3.63, 3.8) is 0 Å². The lowest BCUT2D eigenvalue weighted by atomic mass is 10.1. The summed E-state index contributed by atoms with van der Waals surface area (Å²) in [6, 6.07) is 15.2. The summed E-state index contributed by atoms with van der Waals surface area (Å²) in [6.07, 6.45) is 0. The largest absolute Gasteiger partial charge is 0.505 e. The van der Waals surface area contributed by atoms with Gasteiger partial charge in [0.05, 0.1) is 10.6 Å². The van der Waals surface area contributed by atoms with Crippen LogP contribution in [-0.4, -0.2) is 49.1 Å². The van der Waals surface area contributed by atoms with Crippen LogP contribution in [0.4, 0.5) is 28.4 Å². The number of phenolic OH excluding ortho intramolecular Hbond substituents is 2. The van der Waals surface area contributed by atoms with E-state index < -0.39 is 67.9 Å². The maximum absolute atomic E-state index is 12.5. The fourth-order valence-corrected chi connectivity index (χ4v) is 8.37. The molecule has 0 bridgehead atoms. The number of halogens is 2. The van der Waals surface area contributed by atoms with Crippen LogP contribution >= 0.6 is 31.9 Å². The zero-order chi connectivity index (χ0) is 37.2. The number of hydrogen-bond acceptors (Lipinski definition) is 13. The molecule has 0 saturated heterocycles. The fraction of sp³-hybridized carbons (Fsp3) is 0. The molecule has 0 aromatic heterocycles. The summed E-state index contributed by atoms with van der Waals surface area (Å²) >= 11 is 6.65. The highest BCUT2D eigenvalue weighted by Crippen LogP contribution is 2.46. The van der Waals surface area contributed by atoms with E-state index in [-0.39, 0.29) is 48.5 Å². The Labute approximate surface area is 304 Å². The molecule has 0 aliphatic carbocycles. The maximum atomic E-state index is 12.5. The van der Waals surface area contributed by atoms with E-state index in [0.29, 0.717) is 9.86 Å². The molecule has 0 saturated carbocycles. The van der Waals surface area contributed by atoms with Gasteiger partial charge in [-0.3, -0.25) is 13.7 Å². The van der Waals surface area contributed by atoms with Gasteiger partial charge >= 0.3 is 0 Å². The summed E-state index contributed by atoms with van der Waals surface area (Å²) in [4.78, 5) is -2.13. The van der Waals surface area contributed by atoms with E-state index >= 15 is 0 Å². The zero-order valence-electron chi connectivity index (χ0n) is 25.0. The number of hydrogen-bond donors (Lipinski definition) is 6. The quantitative estimate of drug-likeness (QED) is 0.0502. The molecule has 51 heavy (non-hydrogen) atoms. The van der Waals surface area contributed by atoms with E-state index in [1.54, 1.807) is 6.07 Å². The molecule has 7 N–H and O–H groups in total. The summed E-state index contributed by atoms with van der Waals surface area (Å²) in [5, 5.41) is 38.7. The standard InChI is InChI=1S/C30H19Br2N5O11S3/c31-22-12-23(32)26(21-11-17(49(40,41)42)3-6-20(21)22)35-37-28-25(51(46,47)48)10-14-8-16(2-5-19(14)30(28)39)34-36-27-24(50(43,44)45)9-13-7-15(33)1-4-18(13)29(27)38/h1-12,38-39H,33H2,(H,40,41,42)(H,43,44,45)(H,46,47,48). The van der Waals surface area contributed by atoms with E-state index in [1.165, 1.54) is 42.5 Å². The molecule has 0 amide bonds. The summed E-state index contributed by atoms with van der Waals surface area (Å²) in [5.74, 6) is -1.38. The smallest absolute Gasteiger partial charge is 0.296 e. The Hall–Kier alpha value is -4.61. The molecule has 262 valence electrons. The minimum atomic E-state index is -5.09. The van der Waals surface area contributed by atoms with E-state index in [0.717, 1.165) is 24.3 Å². The van der Waals surface area contributed by atoms with Gasteiger partial charge in [-0.15, -0.1) is 15.3 Å². The molecule has 0 fully saturated rings. The van der Waals surface area contributed by atoms with E-state index in [1.807, 2.05) is 0 Å². The topological polar surface area (TPSA) is 279 Å². The molecule has 0 spiro atoms. The van der Waals surface area contributed by atoms with Crippen molar-refractivity contribution in [3.05, 3.63) is 81.7 Å². The molecule has 0 aliphatic heterocycles. The van der Waals surface area contributed by atoms with Crippen molar-refractivity contribution >= 4 is 123 Å². The molecule has 0 aliphatic rings. The molecule has 0 atom stereocenters. The number of nitrogens with zero attached hydrogens (tertiary/aromatic N) is 4. The molecule has 0 radical (unpaired) electrons. The summed E-state index contributed by atoms with van der Waals surface area (Å²) < 4.78 is 103. The van der Waals surface area contributed by atoms with Gasteiger partial charge in [0.2, 0.25) is 0 Å². The lowest BCUT2D eigenvalue weighted by Gasteiger charge is -2.11. The summed E-state index contributed by atoms with van der Waals surface area (Å²) in [7, 11) is -14.7. The first-order valence-corrected chi connectivity index (χ1v) is 19.7. The lowest BCUT2D eigenvalue weighted by Crippen LogP contribution is -1.99. The molecule has 6 aromatic carbocycles. The van der Waals surface area contributed by atoms with Gasteiger partial charge in [0.15, 0.2) is 11.5 Å². The molecule has 6 aromatic rings. The first kappa shape index (κ1) is 36.2. The Kier molecular flexibility index (Phi) is 9.13. The SMILES string of the molecule is Nc1ccc2c(O)c(N=Nc3ccc4c(O)c(N=Nc5c(Br)cc(Br)c6ccc(S(=O)(=O)O)cc56)c(S(=O)(=O)O)cc4c3)c(S(=O)(=O)O)cc2c1. The predicted octanol–water partition coefficient (Wildman–Crippen LogP) is 8.24. The van der Waals surface area contributed by atoms with Crippen molar-refractivity contribution < 1.29 is 49.1 Å². The average molecular weight is 882 g/mol. The number of azo groups is 2. The third-order valence-corrected chi connectivity index (χ3v) is 11.3. The molecular formula is C30H19Br2N5O11S3. The Morgan fingerprint density at radius 2 is 1.02 bits per heavy atom. The highest BCUT2D eigenvalue weighted by molar-refractivity contribution is 9.11. The van der Waals surface area contributed by atoms with E-state index in [9.17, 15) is 49.1 Å². The fourth-order valence-electron chi connectivity index (χ4n) is 5.14. The third kappa shape index (κ3) is 7.01. The van der Waals surface area contributed by atoms with E-state index in [4.69, 9.17) is 5.73 Å². The van der Waals surface area contributed by atoms with Crippen molar-refractivity contribution in [2.24, 2.45) is 20.5 Å². The normalized spacial score (nSPS) is 13.0. The van der Waals surface area contributed by atoms with Gasteiger partial charge < -0.3 is 15.9 Å². The van der Waals surface area contributed by atoms with Crippen molar-refractivity contribution in [2.45, 2.75) is 14.7 Å². The van der Waals surface area contributed by atoms with Crippen LogP contribution in [0.25, 0.3) is 32.3 Å². The van der Waals surface area contributed by atoms with Gasteiger partial charge in [-0.05, 0) is 98.8 Å². The molecule has 0 heterocycles. The van der Waals surface area contributed by atoms with Crippen molar-refractivity contribution in [2.75, 3.05) is 5.73 Å². The number of fused-ring (bicyclic) bond motifs is 3. The molecule has 6 rings (SSSR count). The minimum Gasteiger partial charge on any atom is -0.505 e. The molecular weight excluding hydrogens is 862 g/mol. The van der Waals surface area contributed by atoms with Crippen LogP contribution < -0.4 is 5.73 Å².